The van der Waals surface area contributed by atoms with Gasteiger partial charge in [0.1, 0.15) is 6.29 Å². The molecular formula is C24H35Cl2N3O2. The predicted molar refractivity (Wildman–Crippen MR) is 132 cm³/mol. The highest BCUT2D eigenvalue weighted by atomic mass is 35.5. The Morgan fingerprint density at radius 1 is 1.13 bits per heavy atom. The van der Waals surface area contributed by atoms with Gasteiger partial charge in [0, 0.05) is 28.6 Å². The third kappa shape index (κ3) is 9.36. The Kier molecular flexibility index (Phi) is 12.4. The summed E-state index contributed by atoms with van der Waals surface area (Å²) in [5.74, 6) is 1.74. The van der Waals surface area contributed by atoms with Crippen molar-refractivity contribution < 1.29 is 9.32 Å². The van der Waals surface area contributed by atoms with Crippen molar-refractivity contribution in [1.82, 2.24) is 10.1 Å². The second kappa shape index (κ2) is 14.2. The van der Waals surface area contributed by atoms with Crippen molar-refractivity contribution in [3.05, 3.63) is 45.7 Å². The zero-order chi connectivity index (χ0) is 23.4. The van der Waals surface area contributed by atoms with Gasteiger partial charge in [-0.2, -0.15) is 0 Å². The normalized spacial score (nSPS) is 12.4. The van der Waals surface area contributed by atoms with Crippen LogP contribution in [0.2, 0.25) is 10.0 Å². The number of aromatic nitrogens is 2. The lowest BCUT2D eigenvalue weighted by atomic mass is 9.90. The highest BCUT2D eigenvalue weighted by molar-refractivity contribution is 6.42. The number of carbonyl (C=O) groups is 1. The molecule has 1 aromatic carbocycles. The van der Waals surface area contributed by atoms with Crippen LogP contribution in [0.25, 0.3) is 10.9 Å². The second-order valence-corrected chi connectivity index (χ2v) is 8.59. The van der Waals surface area contributed by atoms with Crippen molar-refractivity contribution in [3.63, 3.8) is 0 Å². The minimum Gasteiger partial charge on any atom is -0.368 e. The van der Waals surface area contributed by atoms with Crippen molar-refractivity contribution in [2.24, 2.45) is 5.92 Å². The van der Waals surface area contributed by atoms with Crippen LogP contribution in [-0.4, -0.2) is 16.4 Å². The summed E-state index contributed by atoms with van der Waals surface area (Å²) in [4.78, 5) is 12.0. The van der Waals surface area contributed by atoms with Crippen molar-refractivity contribution in [2.75, 3.05) is 5.73 Å². The van der Waals surface area contributed by atoms with Gasteiger partial charge in [0.25, 0.3) is 0 Å². The lowest BCUT2D eigenvalue weighted by Crippen LogP contribution is -2.02. The van der Waals surface area contributed by atoms with Crippen molar-refractivity contribution in [3.8, 4) is 0 Å². The molecule has 2 heterocycles. The number of H-pyrrole nitrogens is 1. The number of aldehydes is 1. The van der Waals surface area contributed by atoms with Crippen LogP contribution in [0.1, 0.15) is 77.1 Å². The number of anilines is 1. The van der Waals surface area contributed by atoms with E-state index in [1.165, 1.54) is 39.0 Å². The van der Waals surface area contributed by atoms with Crippen LogP contribution in [0, 0.1) is 12.8 Å². The number of nitrogens with zero attached hydrogens (tertiary/aromatic N) is 1. The first kappa shape index (κ1) is 27.1. The van der Waals surface area contributed by atoms with E-state index in [0.717, 1.165) is 34.5 Å². The number of halogens is 2. The van der Waals surface area contributed by atoms with Gasteiger partial charge >= 0.3 is 0 Å². The molecule has 3 N–H and O–H groups in total. The van der Waals surface area contributed by atoms with Crippen LogP contribution in [0.5, 0.6) is 0 Å². The Morgan fingerprint density at radius 3 is 2.32 bits per heavy atom. The third-order valence-corrected chi connectivity index (χ3v) is 5.83. The molecule has 2 atom stereocenters. The quantitative estimate of drug-likeness (QED) is 0.345. The number of nitrogens with two attached hydrogens (primary N) is 1. The average molecular weight is 468 g/mol. The Balaban J connectivity index is 0.000000282. The SMILES string of the molecule is CC=O.CCCC(CCC(C)CC)c1cc(N)on1.Cc1cc2cc(Cl)c(Cl)cc2[nH]1. The van der Waals surface area contributed by atoms with E-state index in [1.807, 2.05) is 31.2 Å². The van der Waals surface area contributed by atoms with Gasteiger partial charge in [0.05, 0.1) is 15.7 Å². The van der Waals surface area contributed by atoms with Crippen molar-refractivity contribution >= 4 is 46.3 Å². The maximum absolute atomic E-state index is 8.81. The van der Waals surface area contributed by atoms with E-state index in [2.05, 4.69) is 30.9 Å². The van der Waals surface area contributed by atoms with Gasteiger partial charge in [-0.15, -0.1) is 0 Å². The Bertz CT molecular complexity index is 882. The number of hydrogen-bond donors (Lipinski definition) is 2. The lowest BCUT2D eigenvalue weighted by Gasteiger charge is -2.15. The molecule has 0 aliphatic rings. The minimum atomic E-state index is 0.430. The average Bonchev–Trinajstić information content (AvgIpc) is 3.31. The van der Waals surface area contributed by atoms with Gasteiger partial charge in [-0.05, 0) is 50.8 Å². The lowest BCUT2D eigenvalue weighted by molar-refractivity contribution is -0.106. The third-order valence-electron chi connectivity index (χ3n) is 5.10. The van der Waals surface area contributed by atoms with E-state index in [0.29, 0.717) is 21.8 Å². The summed E-state index contributed by atoms with van der Waals surface area (Å²) in [6.45, 7) is 10.2. The maximum Gasteiger partial charge on any atom is 0.222 e. The van der Waals surface area contributed by atoms with E-state index in [1.54, 1.807) is 0 Å². The van der Waals surface area contributed by atoms with Gasteiger partial charge in [-0.25, -0.2) is 0 Å². The molecule has 2 aromatic heterocycles. The Morgan fingerprint density at radius 2 is 1.77 bits per heavy atom. The molecule has 0 saturated carbocycles. The molecule has 3 rings (SSSR count). The fourth-order valence-corrected chi connectivity index (χ4v) is 3.58. The molecule has 0 fully saturated rings. The molecule has 0 saturated heterocycles. The van der Waals surface area contributed by atoms with E-state index in [4.69, 9.17) is 38.3 Å². The van der Waals surface area contributed by atoms with E-state index < -0.39 is 0 Å². The minimum absolute atomic E-state index is 0.430. The first-order chi connectivity index (χ1) is 14.7. The topological polar surface area (TPSA) is 84.9 Å². The van der Waals surface area contributed by atoms with Gasteiger partial charge in [-0.1, -0.05) is 68.4 Å². The summed E-state index contributed by atoms with van der Waals surface area (Å²) in [5.41, 5.74) is 8.74. The maximum atomic E-state index is 8.81. The number of rotatable bonds is 7. The number of aromatic amines is 1. The molecule has 172 valence electrons. The zero-order valence-electron chi connectivity index (χ0n) is 19.2. The summed E-state index contributed by atoms with van der Waals surface area (Å²) in [6, 6.07) is 7.61. The summed E-state index contributed by atoms with van der Waals surface area (Å²) in [6.07, 6.45) is 6.79. The summed E-state index contributed by atoms with van der Waals surface area (Å²) in [7, 11) is 0. The number of carbonyl (C=O) groups excluding carboxylic acids is 1. The summed E-state index contributed by atoms with van der Waals surface area (Å²) >= 11 is 11.7. The molecule has 3 aromatic rings. The van der Waals surface area contributed by atoms with E-state index in [9.17, 15) is 0 Å². The van der Waals surface area contributed by atoms with Crippen LogP contribution in [0.15, 0.2) is 28.8 Å². The number of nitrogens with one attached hydrogen (secondary N) is 1. The number of benzene rings is 1. The van der Waals surface area contributed by atoms with Crippen molar-refractivity contribution in [1.29, 1.82) is 0 Å². The molecule has 2 unspecified atom stereocenters. The number of nitrogen functional groups attached to an aromatic ring is 1. The molecule has 0 spiro atoms. The molecule has 7 heteroatoms. The van der Waals surface area contributed by atoms with Gasteiger partial charge in [0.15, 0.2) is 0 Å². The van der Waals surface area contributed by atoms with Gasteiger partial charge in [0.2, 0.25) is 5.88 Å². The largest absolute Gasteiger partial charge is 0.368 e. The molecule has 0 bridgehead atoms. The first-order valence-electron chi connectivity index (χ1n) is 10.8. The first-order valence-corrected chi connectivity index (χ1v) is 11.6. The second-order valence-electron chi connectivity index (χ2n) is 7.77. The molecule has 0 amide bonds. The highest BCUT2D eigenvalue weighted by Gasteiger charge is 2.16. The van der Waals surface area contributed by atoms with E-state index in [-0.39, 0.29) is 0 Å². The zero-order valence-corrected chi connectivity index (χ0v) is 20.7. The predicted octanol–water partition coefficient (Wildman–Crippen LogP) is 7.96. The standard InChI is InChI=1S/C13H24N2O.C9H7Cl2N.C2H4O/c1-4-6-11(8-7-10(3)5-2)12-9-13(14)16-15-12;1-5-2-6-3-7(10)8(11)4-9(6)12-5;1-2-3/h9-11H,4-8,14H2,1-3H3;2-4,12H,1H3;2H,1H3. The fourth-order valence-electron chi connectivity index (χ4n) is 3.25. The summed E-state index contributed by atoms with van der Waals surface area (Å²) < 4.78 is 4.95. The number of hydrogen-bond acceptors (Lipinski definition) is 4. The number of aryl methyl sites for hydroxylation is 1. The molecule has 5 nitrogen and oxygen atoms in total. The molecule has 0 aliphatic heterocycles. The monoisotopic (exact) mass is 467 g/mol. The summed E-state index contributed by atoms with van der Waals surface area (Å²) in [5, 5.41) is 6.33. The molecule has 0 aliphatic carbocycles. The van der Waals surface area contributed by atoms with Gasteiger partial charge < -0.3 is 20.0 Å². The van der Waals surface area contributed by atoms with Crippen molar-refractivity contribution in [2.45, 2.75) is 72.6 Å². The van der Waals surface area contributed by atoms with Crippen LogP contribution in [0.4, 0.5) is 5.88 Å². The van der Waals surface area contributed by atoms with Crippen LogP contribution < -0.4 is 5.73 Å². The van der Waals surface area contributed by atoms with Crippen LogP contribution in [0.3, 0.4) is 0 Å². The smallest absolute Gasteiger partial charge is 0.222 e. The molecule has 31 heavy (non-hydrogen) atoms. The Hall–Kier alpha value is -1.98. The fraction of sp³-hybridized carbons (Fsp3) is 0.500. The van der Waals surface area contributed by atoms with Crippen LogP contribution in [-0.2, 0) is 4.79 Å². The molecule has 0 radical (unpaired) electrons. The Labute approximate surface area is 195 Å². The highest BCUT2D eigenvalue weighted by Crippen LogP contribution is 2.29. The number of fused-ring (bicyclic) bond motifs is 1. The van der Waals surface area contributed by atoms with Gasteiger partial charge in [-0.3, -0.25) is 0 Å². The van der Waals surface area contributed by atoms with Crippen LogP contribution >= 0.6 is 23.2 Å². The molecular weight excluding hydrogens is 433 g/mol. The van der Waals surface area contributed by atoms with E-state index >= 15 is 0 Å².